The lowest BCUT2D eigenvalue weighted by atomic mass is 9.97. The summed E-state index contributed by atoms with van der Waals surface area (Å²) >= 11 is 0. The minimum Gasteiger partial charge on any atom is -0.326 e. The van der Waals surface area contributed by atoms with Crippen molar-refractivity contribution >= 4 is 11.7 Å². The lowest BCUT2D eigenvalue weighted by Crippen LogP contribution is -2.29. The Balaban J connectivity index is 1.73. The van der Waals surface area contributed by atoms with Crippen molar-refractivity contribution in [2.45, 2.75) is 25.3 Å². The van der Waals surface area contributed by atoms with Crippen LogP contribution in [-0.2, 0) is 0 Å². The Kier molecular flexibility index (Phi) is 3.42. The lowest BCUT2D eigenvalue weighted by Gasteiger charge is -2.24. The Morgan fingerprint density at radius 2 is 1.95 bits per heavy atom. The zero-order valence-corrected chi connectivity index (χ0v) is 11.4. The summed E-state index contributed by atoms with van der Waals surface area (Å²) in [7, 11) is 1.85. The highest BCUT2D eigenvalue weighted by atomic mass is 16.2. The number of rotatable bonds is 2. The SMILES string of the molecule is CN1CCN(c2ccc(C3CCCCN3)cc2)C1=O. The van der Waals surface area contributed by atoms with Crippen LogP contribution in [0.1, 0.15) is 30.9 Å². The summed E-state index contributed by atoms with van der Waals surface area (Å²) in [4.78, 5) is 15.5. The molecule has 2 saturated heterocycles. The highest BCUT2D eigenvalue weighted by molar-refractivity contribution is 5.93. The van der Waals surface area contributed by atoms with E-state index in [1.165, 1.54) is 24.8 Å². The molecule has 4 heteroatoms. The van der Waals surface area contributed by atoms with Gasteiger partial charge in [0.15, 0.2) is 0 Å². The van der Waals surface area contributed by atoms with Gasteiger partial charge in [-0.1, -0.05) is 18.6 Å². The van der Waals surface area contributed by atoms with Gasteiger partial charge in [0.25, 0.3) is 0 Å². The first-order chi connectivity index (χ1) is 9.25. The fraction of sp³-hybridized carbons (Fsp3) is 0.533. The van der Waals surface area contributed by atoms with E-state index in [0.717, 1.165) is 25.3 Å². The van der Waals surface area contributed by atoms with Crippen LogP contribution in [0.25, 0.3) is 0 Å². The van der Waals surface area contributed by atoms with Gasteiger partial charge in [-0.05, 0) is 37.1 Å². The van der Waals surface area contributed by atoms with Crippen molar-refractivity contribution in [2.75, 3.05) is 31.6 Å². The smallest absolute Gasteiger partial charge is 0.324 e. The van der Waals surface area contributed by atoms with Gasteiger partial charge < -0.3 is 10.2 Å². The third-order valence-corrected chi connectivity index (χ3v) is 4.13. The van der Waals surface area contributed by atoms with E-state index < -0.39 is 0 Å². The molecule has 2 heterocycles. The van der Waals surface area contributed by atoms with Crippen molar-refractivity contribution in [3.05, 3.63) is 29.8 Å². The number of hydrogen-bond donors (Lipinski definition) is 1. The molecule has 0 radical (unpaired) electrons. The van der Waals surface area contributed by atoms with Gasteiger partial charge in [-0.2, -0.15) is 0 Å². The van der Waals surface area contributed by atoms with Crippen LogP contribution in [0.2, 0.25) is 0 Å². The molecule has 1 aromatic rings. The molecule has 1 unspecified atom stereocenters. The largest absolute Gasteiger partial charge is 0.326 e. The van der Waals surface area contributed by atoms with Gasteiger partial charge in [0.1, 0.15) is 0 Å². The molecule has 0 bridgehead atoms. The first-order valence-corrected chi connectivity index (χ1v) is 7.12. The molecule has 19 heavy (non-hydrogen) atoms. The van der Waals surface area contributed by atoms with Gasteiger partial charge in [-0.15, -0.1) is 0 Å². The summed E-state index contributed by atoms with van der Waals surface area (Å²) in [6.07, 6.45) is 3.79. The molecular weight excluding hydrogens is 238 g/mol. The predicted octanol–water partition coefficient (Wildman–Crippen LogP) is 2.37. The molecule has 2 aliphatic heterocycles. The molecule has 1 N–H and O–H groups in total. The number of carbonyl (C=O) groups is 1. The molecule has 3 rings (SSSR count). The van der Waals surface area contributed by atoms with E-state index in [9.17, 15) is 4.79 Å². The third kappa shape index (κ3) is 2.45. The normalized spacial score (nSPS) is 24.1. The number of likely N-dealkylation sites (N-methyl/N-ethyl adjacent to an activating group) is 1. The Morgan fingerprint density at radius 1 is 1.16 bits per heavy atom. The Morgan fingerprint density at radius 3 is 2.53 bits per heavy atom. The number of benzene rings is 1. The zero-order valence-electron chi connectivity index (χ0n) is 11.4. The number of urea groups is 1. The van der Waals surface area contributed by atoms with E-state index >= 15 is 0 Å². The van der Waals surface area contributed by atoms with Gasteiger partial charge >= 0.3 is 6.03 Å². The fourth-order valence-electron chi connectivity index (χ4n) is 2.91. The van der Waals surface area contributed by atoms with E-state index in [0.29, 0.717) is 6.04 Å². The molecule has 2 amide bonds. The summed E-state index contributed by atoms with van der Waals surface area (Å²) in [5.74, 6) is 0. The number of piperidine rings is 1. The Labute approximate surface area is 114 Å². The van der Waals surface area contributed by atoms with Gasteiger partial charge in [0.05, 0.1) is 0 Å². The second-order valence-corrected chi connectivity index (χ2v) is 5.45. The Hall–Kier alpha value is -1.55. The second-order valence-electron chi connectivity index (χ2n) is 5.45. The highest BCUT2D eigenvalue weighted by Gasteiger charge is 2.26. The molecular formula is C15H21N3O. The van der Waals surface area contributed by atoms with E-state index in [1.54, 1.807) is 4.90 Å². The molecule has 102 valence electrons. The number of hydrogen-bond acceptors (Lipinski definition) is 2. The zero-order chi connectivity index (χ0) is 13.2. The summed E-state index contributed by atoms with van der Waals surface area (Å²) in [5.41, 5.74) is 2.34. The summed E-state index contributed by atoms with van der Waals surface area (Å²) in [5, 5.41) is 3.55. The van der Waals surface area contributed by atoms with Crippen molar-refractivity contribution in [1.29, 1.82) is 0 Å². The molecule has 2 aliphatic rings. The summed E-state index contributed by atoms with van der Waals surface area (Å²) in [6, 6.07) is 9.04. The minimum atomic E-state index is 0.101. The standard InChI is InChI=1S/C15H21N3O/c1-17-10-11-18(15(17)19)13-7-5-12(6-8-13)14-4-2-3-9-16-14/h5-8,14,16H,2-4,9-11H2,1H3. The van der Waals surface area contributed by atoms with Crippen LogP contribution in [0.3, 0.4) is 0 Å². The van der Waals surface area contributed by atoms with Crippen LogP contribution in [-0.4, -0.2) is 37.6 Å². The molecule has 0 aliphatic carbocycles. The Bertz CT molecular complexity index is 451. The molecule has 0 aromatic heterocycles. The first-order valence-electron chi connectivity index (χ1n) is 7.12. The monoisotopic (exact) mass is 259 g/mol. The van der Waals surface area contributed by atoms with Crippen molar-refractivity contribution in [3.8, 4) is 0 Å². The average molecular weight is 259 g/mol. The van der Waals surface area contributed by atoms with E-state index in [1.807, 2.05) is 11.9 Å². The van der Waals surface area contributed by atoms with Gasteiger partial charge in [-0.25, -0.2) is 4.79 Å². The maximum absolute atomic E-state index is 11.9. The minimum absolute atomic E-state index is 0.101. The van der Waals surface area contributed by atoms with Crippen LogP contribution < -0.4 is 10.2 Å². The lowest BCUT2D eigenvalue weighted by molar-refractivity contribution is 0.229. The highest BCUT2D eigenvalue weighted by Crippen LogP contribution is 2.26. The average Bonchev–Trinajstić information content (AvgIpc) is 2.80. The third-order valence-electron chi connectivity index (χ3n) is 4.13. The number of nitrogens with one attached hydrogen (secondary N) is 1. The van der Waals surface area contributed by atoms with E-state index in [-0.39, 0.29) is 6.03 Å². The summed E-state index contributed by atoms with van der Waals surface area (Å²) in [6.45, 7) is 2.71. The number of nitrogens with zero attached hydrogens (tertiary/aromatic N) is 2. The quantitative estimate of drug-likeness (QED) is 0.885. The van der Waals surface area contributed by atoms with Crippen LogP contribution >= 0.6 is 0 Å². The molecule has 4 nitrogen and oxygen atoms in total. The van der Waals surface area contributed by atoms with Crippen molar-refractivity contribution in [1.82, 2.24) is 10.2 Å². The maximum atomic E-state index is 11.9. The molecule has 1 aromatic carbocycles. The van der Waals surface area contributed by atoms with Gasteiger partial charge in [0.2, 0.25) is 0 Å². The molecule has 2 fully saturated rings. The number of amides is 2. The van der Waals surface area contributed by atoms with Crippen molar-refractivity contribution in [2.24, 2.45) is 0 Å². The molecule has 0 spiro atoms. The number of anilines is 1. The van der Waals surface area contributed by atoms with Crippen molar-refractivity contribution in [3.63, 3.8) is 0 Å². The predicted molar refractivity (Wildman–Crippen MR) is 76.4 cm³/mol. The van der Waals surface area contributed by atoms with Gasteiger partial charge in [-0.3, -0.25) is 4.90 Å². The topological polar surface area (TPSA) is 35.6 Å². The van der Waals surface area contributed by atoms with E-state index in [2.05, 4.69) is 29.6 Å². The summed E-state index contributed by atoms with van der Waals surface area (Å²) < 4.78 is 0. The molecule has 0 saturated carbocycles. The molecule has 1 atom stereocenters. The number of carbonyl (C=O) groups excluding carboxylic acids is 1. The van der Waals surface area contributed by atoms with Crippen LogP contribution in [0.15, 0.2) is 24.3 Å². The van der Waals surface area contributed by atoms with Crippen LogP contribution in [0, 0.1) is 0 Å². The van der Waals surface area contributed by atoms with Gasteiger partial charge in [0, 0.05) is 31.9 Å². The second kappa shape index (κ2) is 5.21. The van der Waals surface area contributed by atoms with E-state index in [4.69, 9.17) is 0 Å². The maximum Gasteiger partial charge on any atom is 0.324 e. The van der Waals surface area contributed by atoms with Crippen molar-refractivity contribution < 1.29 is 4.79 Å². The first kappa shape index (κ1) is 12.5. The van der Waals surface area contributed by atoms with Crippen LogP contribution in [0.4, 0.5) is 10.5 Å². The van der Waals surface area contributed by atoms with Crippen LogP contribution in [0.5, 0.6) is 0 Å². The fourth-order valence-corrected chi connectivity index (χ4v) is 2.91.